The Balaban J connectivity index is 1.81. The van der Waals surface area contributed by atoms with E-state index in [1.165, 1.54) is 12.0 Å². The van der Waals surface area contributed by atoms with Gasteiger partial charge in [-0.1, -0.05) is 12.1 Å². The van der Waals surface area contributed by atoms with Gasteiger partial charge in [-0.05, 0) is 36.8 Å². The second-order valence-electron chi connectivity index (χ2n) is 4.87. The largest absolute Gasteiger partial charge is 0.361 e. The molecule has 0 unspecified atom stereocenters. The number of hydrogen-bond donors (Lipinski definition) is 0. The summed E-state index contributed by atoms with van der Waals surface area (Å²) >= 11 is 1.90. The zero-order valence-corrected chi connectivity index (χ0v) is 11.7. The van der Waals surface area contributed by atoms with Gasteiger partial charge >= 0.3 is 0 Å². The molecule has 1 atom stereocenters. The maximum absolute atomic E-state index is 5.15. The van der Waals surface area contributed by atoms with Gasteiger partial charge in [-0.25, -0.2) is 0 Å². The van der Waals surface area contributed by atoms with Crippen molar-refractivity contribution in [2.75, 3.05) is 6.54 Å². The quantitative estimate of drug-likeness (QED) is 0.847. The molecule has 3 heterocycles. The zero-order chi connectivity index (χ0) is 12.5. The van der Waals surface area contributed by atoms with E-state index >= 15 is 0 Å². The molecule has 0 bridgehead atoms. The number of hydrogen-bond acceptors (Lipinski definition) is 4. The fraction of sp³-hybridized carbons (Fsp3) is 0.500. The summed E-state index contributed by atoms with van der Waals surface area (Å²) in [5.74, 6) is 0.895. The van der Waals surface area contributed by atoms with Crippen LogP contribution in [0.4, 0.5) is 0 Å². The molecule has 0 amide bonds. The van der Waals surface area contributed by atoms with Crippen LogP contribution in [0.5, 0.6) is 0 Å². The second-order valence-corrected chi connectivity index (χ2v) is 5.87. The molecule has 0 fully saturated rings. The molecule has 18 heavy (non-hydrogen) atoms. The molecule has 0 radical (unpaired) electrons. The normalized spacial score (nSPS) is 20.0. The standard InChI is InChI=1S/C14H18N2OS/c1-3-13-12-5-7-18-14(12)4-6-16(13)9-11-8-10(2)17-15-11/h5,7-8,13H,3-4,6,9H2,1-2H3/t13-/m0/s1. The lowest BCUT2D eigenvalue weighted by Crippen LogP contribution is -2.34. The highest BCUT2D eigenvalue weighted by Crippen LogP contribution is 2.35. The summed E-state index contributed by atoms with van der Waals surface area (Å²) in [6.07, 6.45) is 2.32. The van der Waals surface area contributed by atoms with Crippen LogP contribution in [0.1, 0.15) is 41.3 Å². The smallest absolute Gasteiger partial charge is 0.133 e. The van der Waals surface area contributed by atoms with Gasteiger partial charge in [0.05, 0.1) is 5.69 Å². The maximum atomic E-state index is 5.15. The van der Waals surface area contributed by atoms with E-state index in [-0.39, 0.29) is 0 Å². The minimum absolute atomic E-state index is 0.539. The molecule has 4 heteroatoms. The van der Waals surface area contributed by atoms with Crippen molar-refractivity contribution >= 4 is 11.3 Å². The van der Waals surface area contributed by atoms with E-state index in [9.17, 15) is 0 Å². The number of fused-ring (bicyclic) bond motifs is 1. The van der Waals surface area contributed by atoms with Crippen molar-refractivity contribution in [3.05, 3.63) is 39.4 Å². The van der Waals surface area contributed by atoms with Gasteiger partial charge in [-0.3, -0.25) is 4.90 Å². The Morgan fingerprint density at radius 2 is 2.44 bits per heavy atom. The average Bonchev–Trinajstić information content (AvgIpc) is 2.98. The topological polar surface area (TPSA) is 29.3 Å². The van der Waals surface area contributed by atoms with E-state index < -0.39 is 0 Å². The fourth-order valence-electron chi connectivity index (χ4n) is 2.82. The first-order valence-corrected chi connectivity index (χ1v) is 7.38. The summed E-state index contributed by atoms with van der Waals surface area (Å²) in [6.45, 7) is 6.22. The molecule has 1 aliphatic heterocycles. The van der Waals surface area contributed by atoms with Crippen LogP contribution in [0.2, 0.25) is 0 Å². The molecule has 1 aliphatic rings. The van der Waals surface area contributed by atoms with Crippen molar-refractivity contribution in [2.45, 2.75) is 39.3 Å². The highest BCUT2D eigenvalue weighted by Gasteiger charge is 2.27. The molecule has 3 nitrogen and oxygen atoms in total. The van der Waals surface area contributed by atoms with Crippen LogP contribution in [-0.2, 0) is 13.0 Å². The Labute approximate surface area is 111 Å². The van der Waals surface area contributed by atoms with E-state index in [0.717, 1.165) is 31.0 Å². The third kappa shape index (κ3) is 2.10. The van der Waals surface area contributed by atoms with Gasteiger partial charge in [0.1, 0.15) is 5.76 Å². The minimum Gasteiger partial charge on any atom is -0.361 e. The summed E-state index contributed by atoms with van der Waals surface area (Å²) in [5.41, 5.74) is 2.57. The summed E-state index contributed by atoms with van der Waals surface area (Å²) in [5, 5.41) is 6.33. The van der Waals surface area contributed by atoms with Crippen LogP contribution < -0.4 is 0 Å². The van der Waals surface area contributed by atoms with Gasteiger partial charge in [0.2, 0.25) is 0 Å². The lowest BCUT2D eigenvalue weighted by Gasteiger charge is -2.34. The van der Waals surface area contributed by atoms with Crippen LogP contribution >= 0.6 is 11.3 Å². The monoisotopic (exact) mass is 262 g/mol. The first-order valence-electron chi connectivity index (χ1n) is 6.50. The van der Waals surface area contributed by atoms with Crippen molar-refractivity contribution in [1.29, 1.82) is 0 Å². The summed E-state index contributed by atoms with van der Waals surface area (Å²) in [4.78, 5) is 4.08. The van der Waals surface area contributed by atoms with Crippen LogP contribution in [0, 0.1) is 6.92 Å². The third-order valence-corrected chi connectivity index (χ3v) is 4.63. The van der Waals surface area contributed by atoms with Gasteiger partial charge in [0.25, 0.3) is 0 Å². The van der Waals surface area contributed by atoms with Crippen molar-refractivity contribution in [2.24, 2.45) is 0 Å². The number of aromatic nitrogens is 1. The number of thiophene rings is 1. The number of aryl methyl sites for hydroxylation is 1. The van der Waals surface area contributed by atoms with E-state index in [4.69, 9.17) is 4.52 Å². The molecule has 2 aromatic heterocycles. The van der Waals surface area contributed by atoms with Gasteiger partial charge in [-0.2, -0.15) is 0 Å². The molecule has 0 saturated carbocycles. The molecule has 96 valence electrons. The van der Waals surface area contributed by atoms with Gasteiger partial charge in [0.15, 0.2) is 0 Å². The van der Waals surface area contributed by atoms with E-state index in [1.54, 1.807) is 4.88 Å². The first kappa shape index (κ1) is 11.9. The Morgan fingerprint density at radius 1 is 1.56 bits per heavy atom. The Morgan fingerprint density at radius 3 is 3.17 bits per heavy atom. The van der Waals surface area contributed by atoms with Crippen molar-refractivity contribution < 1.29 is 4.52 Å². The Kier molecular flexibility index (Phi) is 3.22. The van der Waals surface area contributed by atoms with Crippen LogP contribution in [0.25, 0.3) is 0 Å². The fourth-order valence-corrected chi connectivity index (χ4v) is 3.74. The van der Waals surface area contributed by atoms with Crippen molar-refractivity contribution in [3.8, 4) is 0 Å². The molecule has 2 aromatic rings. The summed E-state index contributed by atoms with van der Waals surface area (Å²) in [6, 6.07) is 4.86. The highest BCUT2D eigenvalue weighted by atomic mass is 32.1. The van der Waals surface area contributed by atoms with E-state index in [0.29, 0.717) is 6.04 Å². The van der Waals surface area contributed by atoms with Crippen molar-refractivity contribution in [3.63, 3.8) is 0 Å². The molecular formula is C14H18N2OS. The zero-order valence-electron chi connectivity index (χ0n) is 10.8. The predicted molar refractivity (Wildman–Crippen MR) is 72.7 cm³/mol. The Hall–Kier alpha value is -1.13. The molecule has 0 aliphatic carbocycles. The lowest BCUT2D eigenvalue weighted by atomic mass is 9.97. The van der Waals surface area contributed by atoms with Crippen LogP contribution in [0.3, 0.4) is 0 Å². The van der Waals surface area contributed by atoms with Crippen LogP contribution in [-0.4, -0.2) is 16.6 Å². The van der Waals surface area contributed by atoms with Gasteiger partial charge in [-0.15, -0.1) is 11.3 Å². The maximum Gasteiger partial charge on any atom is 0.133 e. The minimum atomic E-state index is 0.539. The third-order valence-electron chi connectivity index (χ3n) is 3.63. The summed E-state index contributed by atoms with van der Waals surface area (Å²) < 4.78 is 5.15. The highest BCUT2D eigenvalue weighted by molar-refractivity contribution is 7.10. The second kappa shape index (κ2) is 4.86. The molecule has 3 rings (SSSR count). The average molecular weight is 262 g/mol. The molecule has 0 N–H and O–H groups in total. The summed E-state index contributed by atoms with van der Waals surface area (Å²) in [7, 11) is 0. The number of rotatable bonds is 3. The van der Waals surface area contributed by atoms with Crippen LogP contribution in [0.15, 0.2) is 22.0 Å². The van der Waals surface area contributed by atoms with E-state index in [2.05, 4.69) is 28.4 Å². The molecule has 0 aromatic carbocycles. The molecule has 0 saturated heterocycles. The Bertz CT molecular complexity index is 531. The van der Waals surface area contributed by atoms with Gasteiger partial charge in [0, 0.05) is 30.1 Å². The van der Waals surface area contributed by atoms with Crippen molar-refractivity contribution in [1.82, 2.24) is 10.1 Å². The first-order chi connectivity index (χ1) is 8.78. The SMILES string of the molecule is CC[C@H]1c2ccsc2CCN1Cc1cc(C)on1. The van der Waals surface area contributed by atoms with E-state index in [1.807, 2.05) is 24.3 Å². The molecule has 0 spiro atoms. The lowest BCUT2D eigenvalue weighted by molar-refractivity contribution is 0.168. The molecular weight excluding hydrogens is 244 g/mol. The van der Waals surface area contributed by atoms with Gasteiger partial charge < -0.3 is 4.52 Å². The predicted octanol–water partition coefficient (Wildman–Crippen LogP) is 3.55. The number of nitrogens with zero attached hydrogens (tertiary/aromatic N) is 2.